The van der Waals surface area contributed by atoms with E-state index in [0.717, 1.165) is 43.6 Å². The molecule has 3 atom stereocenters. The summed E-state index contributed by atoms with van der Waals surface area (Å²) in [7, 11) is 0.759. The zero-order chi connectivity index (χ0) is 31.6. The Balaban J connectivity index is 1.30. The minimum Gasteiger partial charge on any atom is -0.496 e. The summed E-state index contributed by atoms with van der Waals surface area (Å²) in [5.74, 6) is -0.370. The van der Waals surface area contributed by atoms with Crippen LogP contribution >= 0.6 is 0 Å². The fraction of sp³-hybridized carbons (Fsp3) is 0.469. The highest BCUT2D eigenvalue weighted by Crippen LogP contribution is 2.57. The number of methoxy groups -OCH3 is 2. The van der Waals surface area contributed by atoms with Crippen LogP contribution in [-0.4, -0.2) is 123 Å². The molecule has 7 rings (SSSR count). The lowest BCUT2D eigenvalue weighted by Crippen LogP contribution is -2.79. The monoisotopic (exact) mass is 631 g/mol. The molecule has 1 aliphatic carbocycles. The first kappa shape index (κ1) is 29.9. The lowest BCUT2D eigenvalue weighted by atomic mass is 9.66. The lowest BCUT2D eigenvalue weighted by molar-refractivity contribution is -0.228. The number of benzene rings is 1. The third kappa shape index (κ3) is 4.50. The van der Waals surface area contributed by atoms with Crippen LogP contribution in [0.2, 0.25) is 0 Å². The lowest BCUT2D eigenvalue weighted by Gasteiger charge is -2.66. The average Bonchev–Trinajstić information content (AvgIpc) is 3.28. The number of nitrogens with zero attached hydrogens (tertiary/aromatic N) is 7. The second-order valence-electron chi connectivity index (χ2n) is 12.7. The molecule has 13 heteroatoms. The second-order valence-corrected chi connectivity index (χ2v) is 14.4. The first-order valence-electron chi connectivity index (χ1n) is 15.1. The number of piperazine rings is 1. The molecule has 5 aliphatic rings. The van der Waals surface area contributed by atoms with Crippen LogP contribution in [0, 0.1) is 22.7 Å². The van der Waals surface area contributed by atoms with Crippen LogP contribution in [0.5, 0.6) is 11.5 Å². The van der Waals surface area contributed by atoms with Gasteiger partial charge < -0.3 is 14.4 Å². The number of rotatable bonds is 7. The number of allylic oxidation sites excluding steroid dienone is 2. The number of likely N-dealkylation sites (tertiary alicyclic amines) is 1. The normalized spacial score (nSPS) is 28.6. The first-order valence-corrected chi connectivity index (χ1v) is 16.6. The van der Waals surface area contributed by atoms with Crippen molar-refractivity contribution in [3.63, 3.8) is 0 Å². The molecule has 0 N–H and O–H groups in total. The van der Waals surface area contributed by atoms with Gasteiger partial charge in [0.25, 0.3) is 15.9 Å². The van der Waals surface area contributed by atoms with Gasteiger partial charge in [0.1, 0.15) is 17.0 Å². The molecule has 0 saturated carbocycles. The van der Waals surface area contributed by atoms with Gasteiger partial charge in [-0.1, -0.05) is 30.4 Å². The molecule has 4 saturated heterocycles. The Morgan fingerprint density at radius 2 is 1.71 bits per heavy atom. The van der Waals surface area contributed by atoms with Gasteiger partial charge in [-0.05, 0) is 31.3 Å². The molecule has 4 fully saturated rings. The van der Waals surface area contributed by atoms with Gasteiger partial charge in [0.15, 0.2) is 5.03 Å². The Kier molecular flexibility index (Phi) is 7.25. The Bertz CT molecular complexity index is 1700. The van der Waals surface area contributed by atoms with Crippen molar-refractivity contribution in [1.29, 1.82) is 5.26 Å². The van der Waals surface area contributed by atoms with Crippen LogP contribution in [0.4, 0.5) is 0 Å². The minimum absolute atomic E-state index is 0.00967. The van der Waals surface area contributed by atoms with E-state index in [1.165, 1.54) is 25.4 Å². The van der Waals surface area contributed by atoms with Crippen molar-refractivity contribution >= 4 is 15.9 Å². The van der Waals surface area contributed by atoms with E-state index < -0.39 is 33.4 Å². The smallest absolute Gasteiger partial charge is 0.284 e. The van der Waals surface area contributed by atoms with Gasteiger partial charge in [-0.2, -0.15) is 13.7 Å². The first-order chi connectivity index (χ1) is 21.7. The van der Waals surface area contributed by atoms with Gasteiger partial charge in [-0.25, -0.2) is 19.3 Å². The van der Waals surface area contributed by atoms with E-state index in [9.17, 15) is 13.7 Å². The van der Waals surface area contributed by atoms with Crippen molar-refractivity contribution in [2.45, 2.75) is 16.6 Å². The van der Waals surface area contributed by atoms with Gasteiger partial charge in [-0.15, -0.1) is 0 Å². The van der Waals surface area contributed by atoms with Crippen LogP contribution in [0.3, 0.4) is 0 Å². The number of carbonyl (C=O) groups is 1. The molecule has 236 valence electrons. The molecule has 0 radical (unpaired) electrons. The highest BCUT2D eigenvalue weighted by Gasteiger charge is 2.70. The van der Waals surface area contributed by atoms with Crippen molar-refractivity contribution in [2.75, 3.05) is 73.6 Å². The van der Waals surface area contributed by atoms with Crippen LogP contribution in [0.15, 0.2) is 71.4 Å². The van der Waals surface area contributed by atoms with E-state index in [4.69, 9.17) is 9.47 Å². The molecule has 1 spiro atoms. The average molecular weight is 632 g/mol. The fourth-order valence-electron chi connectivity index (χ4n) is 7.78. The summed E-state index contributed by atoms with van der Waals surface area (Å²) < 4.78 is 40.6. The van der Waals surface area contributed by atoms with Crippen LogP contribution in [0.25, 0.3) is 0 Å². The van der Waals surface area contributed by atoms with Crippen LogP contribution in [-0.2, 0) is 20.4 Å². The van der Waals surface area contributed by atoms with Crippen LogP contribution in [0.1, 0.15) is 5.56 Å². The minimum atomic E-state index is -4.40. The topological polar surface area (TPSA) is 123 Å². The number of ether oxygens (including phenoxy) is 2. The van der Waals surface area contributed by atoms with Gasteiger partial charge >= 0.3 is 0 Å². The standard InChI is InChI=1S/C32H37N7O5S/c1-35-12-14-37(15-13-35)38-21-31(22-38)19-36(20-31)32(25-6-4-5-7-28(25)44-3)26-16-23(17-33)8-10-27(26)39(30(32)40)45(41,42)29-11-9-24(43-2)18-34-29/h4-11,16,18,26-27H,12-15,19-22H2,1-3H3. The maximum absolute atomic E-state index is 15.1. The molecule has 1 amide bonds. The Morgan fingerprint density at radius 1 is 0.978 bits per heavy atom. The molecule has 45 heavy (non-hydrogen) atoms. The number of nitriles is 1. The molecule has 4 aliphatic heterocycles. The molecule has 0 bridgehead atoms. The second kappa shape index (κ2) is 10.9. The number of hydrogen-bond acceptors (Lipinski definition) is 11. The quantitative estimate of drug-likeness (QED) is 0.440. The number of sulfonamides is 1. The SMILES string of the molecule is COc1ccc(S(=O)(=O)N2C(=O)C(c3ccccc3OC)(N3CC4(CN(N5CCN(C)CC5)C4)C3)C3C=C(C#N)C=CC32)nc1. The van der Waals surface area contributed by atoms with Gasteiger partial charge in [0.05, 0.1) is 32.5 Å². The van der Waals surface area contributed by atoms with Gasteiger partial charge in [0.2, 0.25) is 0 Å². The van der Waals surface area contributed by atoms with Gasteiger partial charge in [0, 0.05) is 74.8 Å². The largest absolute Gasteiger partial charge is 0.496 e. The molecular weight excluding hydrogens is 594 g/mol. The molecule has 1 aromatic heterocycles. The van der Waals surface area contributed by atoms with Crippen molar-refractivity contribution in [1.82, 2.24) is 29.1 Å². The highest BCUT2D eigenvalue weighted by molar-refractivity contribution is 7.89. The summed E-state index contributed by atoms with van der Waals surface area (Å²) in [4.78, 5) is 23.7. The zero-order valence-corrected chi connectivity index (χ0v) is 26.5. The molecular formula is C32H37N7O5S. The van der Waals surface area contributed by atoms with E-state index in [2.05, 4.69) is 37.9 Å². The zero-order valence-electron chi connectivity index (χ0n) is 25.7. The summed E-state index contributed by atoms with van der Waals surface area (Å²) >= 11 is 0. The Hall–Kier alpha value is -3.80. The fourth-order valence-corrected chi connectivity index (χ4v) is 9.29. The number of amides is 1. The van der Waals surface area contributed by atoms with E-state index in [0.29, 0.717) is 35.7 Å². The summed E-state index contributed by atoms with van der Waals surface area (Å²) in [5.41, 5.74) is -0.472. The van der Waals surface area contributed by atoms with Gasteiger partial charge in [-0.3, -0.25) is 9.69 Å². The van der Waals surface area contributed by atoms with Crippen LogP contribution < -0.4 is 9.47 Å². The molecule has 2 aromatic rings. The predicted octanol–water partition coefficient (Wildman–Crippen LogP) is 1.31. The molecule has 1 aromatic carbocycles. The number of para-hydroxylation sites is 1. The third-order valence-corrected chi connectivity index (χ3v) is 11.8. The summed E-state index contributed by atoms with van der Waals surface area (Å²) in [5, 5.41) is 14.5. The number of pyridine rings is 1. The summed E-state index contributed by atoms with van der Waals surface area (Å²) in [6, 6.07) is 11.5. The molecule has 3 unspecified atom stereocenters. The van der Waals surface area contributed by atoms with Crippen molar-refractivity contribution < 1.29 is 22.7 Å². The summed E-state index contributed by atoms with van der Waals surface area (Å²) in [6.45, 7) is 7.02. The maximum atomic E-state index is 15.1. The number of likely N-dealkylation sites (N-methyl/N-ethyl adjacent to an activating group) is 1. The number of hydrazine groups is 1. The van der Waals surface area contributed by atoms with Crippen molar-refractivity contribution in [3.8, 4) is 17.6 Å². The number of hydrogen-bond donors (Lipinski definition) is 0. The Labute approximate surface area is 263 Å². The third-order valence-electron chi connectivity index (χ3n) is 10.1. The number of carbonyl (C=O) groups excluding carboxylic acids is 1. The van der Waals surface area contributed by atoms with E-state index >= 15 is 4.79 Å². The molecule has 12 nitrogen and oxygen atoms in total. The van der Waals surface area contributed by atoms with Crippen molar-refractivity contribution in [2.24, 2.45) is 11.3 Å². The maximum Gasteiger partial charge on any atom is 0.284 e. The number of fused-ring (bicyclic) bond motifs is 1. The number of aromatic nitrogens is 1. The highest BCUT2D eigenvalue weighted by atomic mass is 32.2. The van der Waals surface area contributed by atoms with Crippen molar-refractivity contribution in [3.05, 3.63) is 72.0 Å². The van der Waals surface area contributed by atoms with E-state index in [-0.39, 0.29) is 10.4 Å². The Morgan fingerprint density at radius 3 is 2.36 bits per heavy atom. The van der Waals surface area contributed by atoms with E-state index in [1.54, 1.807) is 31.4 Å². The molecule has 5 heterocycles. The predicted molar refractivity (Wildman–Crippen MR) is 164 cm³/mol. The van der Waals surface area contributed by atoms with E-state index in [1.807, 2.05) is 18.2 Å². The summed E-state index contributed by atoms with van der Waals surface area (Å²) in [6.07, 6.45) is 6.33.